The minimum Gasteiger partial charge on any atom is -0.360 e. The van der Waals surface area contributed by atoms with Crippen molar-refractivity contribution in [3.63, 3.8) is 0 Å². The monoisotopic (exact) mass is 292 g/mol. The fraction of sp³-hybridized carbons (Fsp3) is 0.778. The Morgan fingerprint density at radius 3 is 2.60 bits per heavy atom. The predicted octanol–water partition coefficient (Wildman–Crippen LogP) is 2.44. The van der Waals surface area contributed by atoms with Gasteiger partial charge in [-0.1, -0.05) is 25.2 Å². The van der Waals surface area contributed by atoms with E-state index >= 15 is 0 Å². The molecule has 1 heterocycles. The normalized spacial score (nSPS) is 10.9. The molecular formula is C9H17BrN4S. The van der Waals surface area contributed by atoms with Crippen LogP contribution in [0.4, 0.5) is 5.13 Å². The lowest BCUT2D eigenvalue weighted by molar-refractivity contribution is 0.303. The van der Waals surface area contributed by atoms with Crippen LogP contribution in [-0.4, -0.2) is 41.3 Å². The fourth-order valence-electron chi connectivity index (χ4n) is 1.31. The first-order chi connectivity index (χ1) is 7.26. The molecule has 0 amide bonds. The third-order valence-corrected chi connectivity index (χ3v) is 3.54. The summed E-state index contributed by atoms with van der Waals surface area (Å²) < 4.78 is 0.828. The maximum Gasteiger partial charge on any atom is 0.206 e. The quantitative estimate of drug-likeness (QED) is 0.784. The van der Waals surface area contributed by atoms with E-state index in [1.807, 2.05) is 0 Å². The van der Waals surface area contributed by atoms with Gasteiger partial charge in [-0.05, 0) is 42.0 Å². The Morgan fingerprint density at radius 2 is 2.07 bits per heavy atom. The topological polar surface area (TPSA) is 41.0 Å². The Labute approximate surface area is 103 Å². The van der Waals surface area contributed by atoms with Crippen LogP contribution in [0.2, 0.25) is 0 Å². The van der Waals surface area contributed by atoms with Crippen LogP contribution in [0.1, 0.15) is 20.3 Å². The minimum atomic E-state index is 0.828. The molecule has 0 aliphatic heterocycles. The molecule has 1 aromatic heterocycles. The first kappa shape index (κ1) is 12.9. The molecule has 1 aromatic rings. The molecule has 6 heteroatoms. The zero-order valence-corrected chi connectivity index (χ0v) is 11.6. The van der Waals surface area contributed by atoms with Crippen LogP contribution >= 0.6 is 27.3 Å². The highest BCUT2D eigenvalue weighted by molar-refractivity contribution is 9.11. The van der Waals surface area contributed by atoms with E-state index in [0.717, 1.165) is 41.6 Å². The fourth-order valence-corrected chi connectivity index (χ4v) is 2.35. The summed E-state index contributed by atoms with van der Waals surface area (Å²) in [6, 6.07) is 0. The third-order valence-electron chi connectivity index (χ3n) is 2.22. The summed E-state index contributed by atoms with van der Waals surface area (Å²) in [7, 11) is 0. The molecule has 86 valence electrons. The van der Waals surface area contributed by atoms with Crippen molar-refractivity contribution in [2.45, 2.75) is 20.3 Å². The average Bonchev–Trinajstić information content (AvgIpc) is 2.65. The number of nitrogens with zero attached hydrogens (tertiary/aromatic N) is 3. The Morgan fingerprint density at radius 1 is 1.33 bits per heavy atom. The lowest BCUT2D eigenvalue weighted by Crippen LogP contribution is -2.25. The summed E-state index contributed by atoms with van der Waals surface area (Å²) in [5.74, 6) is 0. The number of hydrogen-bond donors (Lipinski definition) is 1. The summed E-state index contributed by atoms with van der Waals surface area (Å²) in [6.07, 6.45) is 1.14. The molecule has 1 rings (SSSR count). The number of aromatic nitrogens is 2. The highest BCUT2D eigenvalue weighted by Crippen LogP contribution is 2.19. The number of rotatable bonds is 7. The number of hydrogen-bond acceptors (Lipinski definition) is 5. The Kier molecular flexibility index (Phi) is 6.12. The van der Waals surface area contributed by atoms with Gasteiger partial charge in [0.2, 0.25) is 5.13 Å². The first-order valence-corrected chi connectivity index (χ1v) is 6.82. The number of anilines is 1. The molecule has 1 N–H and O–H groups in total. The molecule has 0 radical (unpaired) electrons. The van der Waals surface area contributed by atoms with Gasteiger partial charge in [0.15, 0.2) is 3.92 Å². The third kappa shape index (κ3) is 4.90. The van der Waals surface area contributed by atoms with E-state index in [2.05, 4.69) is 50.2 Å². The zero-order chi connectivity index (χ0) is 11.1. The summed E-state index contributed by atoms with van der Waals surface area (Å²) in [4.78, 5) is 2.41. The summed E-state index contributed by atoms with van der Waals surface area (Å²) >= 11 is 4.81. The van der Waals surface area contributed by atoms with Crippen LogP contribution in [-0.2, 0) is 0 Å². The smallest absolute Gasteiger partial charge is 0.206 e. The van der Waals surface area contributed by atoms with Gasteiger partial charge in [-0.3, -0.25) is 0 Å². The second-order valence-corrected chi connectivity index (χ2v) is 5.42. The molecular weight excluding hydrogens is 276 g/mol. The van der Waals surface area contributed by atoms with Gasteiger partial charge < -0.3 is 10.2 Å². The van der Waals surface area contributed by atoms with Crippen LogP contribution in [0.5, 0.6) is 0 Å². The van der Waals surface area contributed by atoms with Gasteiger partial charge >= 0.3 is 0 Å². The molecule has 0 bridgehead atoms. The molecule has 0 aromatic carbocycles. The van der Waals surface area contributed by atoms with Crippen LogP contribution in [0.15, 0.2) is 3.92 Å². The van der Waals surface area contributed by atoms with E-state index in [1.165, 1.54) is 11.3 Å². The molecule has 4 nitrogen and oxygen atoms in total. The molecule has 0 aliphatic carbocycles. The van der Waals surface area contributed by atoms with Crippen molar-refractivity contribution in [2.75, 3.05) is 31.5 Å². The molecule has 0 aliphatic rings. The minimum absolute atomic E-state index is 0.828. The molecule has 15 heavy (non-hydrogen) atoms. The Balaban J connectivity index is 2.11. The van der Waals surface area contributed by atoms with Crippen molar-refractivity contribution in [1.29, 1.82) is 0 Å². The second kappa shape index (κ2) is 7.14. The summed E-state index contributed by atoms with van der Waals surface area (Å²) in [5.41, 5.74) is 0. The largest absolute Gasteiger partial charge is 0.360 e. The maximum atomic E-state index is 3.97. The van der Waals surface area contributed by atoms with Gasteiger partial charge in [-0.25, -0.2) is 0 Å². The zero-order valence-electron chi connectivity index (χ0n) is 9.16. The van der Waals surface area contributed by atoms with Crippen molar-refractivity contribution in [3.05, 3.63) is 3.92 Å². The lowest BCUT2D eigenvalue weighted by atomic mass is 10.3. The van der Waals surface area contributed by atoms with Crippen molar-refractivity contribution >= 4 is 32.4 Å². The molecule has 0 saturated heterocycles. The molecule has 0 saturated carbocycles. The summed E-state index contributed by atoms with van der Waals surface area (Å²) in [6.45, 7) is 8.73. The predicted molar refractivity (Wildman–Crippen MR) is 68.5 cm³/mol. The SMILES string of the molecule is CCN(CC)CCCNc1nnc(Br)s1. The highest BCUT2D eigenvalue weighted by atomic mass is 79.9. The van der Waals surface area contributed by atoms with Crippen LogP contribution in [0.25, 0.3) is 0 Å². The summed E-state index contributed by atoms with van der Waals surface area (Å²) in [5, 5.41) is 12.0. The van der Waals surface area contributed by atoms with Gasteiger partial charge in [0.1, 0.15) is 0 Å². The molecule has 0 unspecified atom stereocenters. The highest BCUT2D eigenvalue weighted by Gasteiger charge is 2.01. The van der Waals surface area contributed by atoms with Gasteiger partial charge in [0.05, 0.1) is 0 Å². The van der Waals surface area contributed by atoms with Crippen LogP contribution in [0, 0.1) is 0 Å². The van der Waals surface area contributed by atoms with Crippen molar-refractivity contribution in [3.8, 4) is 0 Å². The van der Waals surface area contributed by atoms with E-state index in [0.29, 0.717) is 0 Å². The van der Waals surface area contributed by atoms with E-state index in [4.69, 9.17) is 0 Å². The molecule has 0 atom stereocenters. The van der Waals surface area contributed by atoms with E-state index < -0.39 is 0 Å². The Hall–Kier alpha value is -0.200. The molecule has 0 spiro atoms. The van der Waals surface area contributed by atoms with Crippen LogP contribution < -0.4 is 5.32 Å². The van der Waals surface area contributed by atoms with Gasteiger partial charge in [-0.2, -0.15) is 0 Å². The number of halogens is 1. The van der Waals surface area contributed by atoms with E-state index in [-0.39, 0.29) is 0 Å². The molecule has 0 fully saturated rings. The van der Waals surface area contributed by atoms with Crippen LogP contribution in [0.3, 0.4) is 0 Å². The average molecular weight is 293 g/mol. The van der Waals surface area contributed by atoms with Gasteiger partial charge in [-0.15, -0.1) is 10.2 Å². The second-order valence-electron chi connectivity index (χ2n) is 3.17. The Bertz CT molecular complexity index is 275. The van der Waals surface area contributed by atoms with Crippen molar-refractivity contribution < 1.29 is 0 Å². The van der Waals surface area contributed by atoms with E-state index in [1.54, 1.807) is 0 Å². The number of nitrogens with one attached hydrogen (secondary N) is 1. The van der Waals surface area contributed by atoms with Crippen molar-refractivity contribution in [1.82, 2.24) is 15.1 Å². The van der Waals surface area contributed by atoms with Crippen molar-refractivity contribution in [2.24, 2.45) is 0 Å². The van der Waals surface area contributed by atoms with Gasteiger partial charge in [0, 0.05) is 6.54 Å². The maximum absolute atomic E-state index is 3.97. The standard InChI is InChI=1S/C9H17BrN4S/c1-3-14(4-2)7-5-6-11-9-13-12-8(10)15-9/h3-7H2,1-2H3,(H,11,13). The van der Waals surface area contributed by atoms with Gasteiger partial charge in [0.25, 0.3) is 0 Å². The first-order valence-electron chi connectivity index (χ1n) is 5.21. The van der Waals surface area contributed by atoms with E-state index in [9.17, 15) is 0 Å². The lowest BCUT2D eigenvalue weighted by Gasteiger charge is -2.17.